The van der Waals surface area contributed by atoms with Gasteiger partial charge in [0, 0.05) is 18.0 Å². The fourth-order valence-corrected chi connectivity index (χ4v) is 2.32. The van der Waals surface area contributed by atoms with Crippen molar-refractivity contribution in [1.82, 2.24) is 25.3 Å². The van der Waals surface area contributed by atoms with Gasteiger partial charge in [-0.15, -0.1) is 0 Å². The number of aromatic nitrogens is 5. The monoisotopic (exact) mass is 279 g/mol. The van der Waals surface area contributed by atoms with Crippen molar-refractivity contribution >= 4 is 22.2 Å². The molecule has 0 radical (unpaired) electrons. The summed E-state index contributed by atoms with van der Waals surface area (Å²) in [7, 11) is 0. The van der Waals surface area contributed by atoms with E-state index in [9.17, 15) is 4.79 Å². The molecule has 7 heteroatoms. The molecule has 3 heterocycles. The average Bonchev–Trinajstić information content (AvgIpc) is 2.95. The average molecular weight is 279 g/mol. The second-order valence-electron chi connectivity index (χ2n) is 4.61. The number of aromatic amines is 1. The molecule has 7 nitrogen and oxygen atoms in total. The molecule has 0 atom stereocenters. The maximum atomic E-state index is 12.0. The van der Waals surface area contributed by atoms with Crippen molar-refractivity contribution in [3.8, 4) is 0 Å². The molecule has 4 rings (SSSR count). The smallest absolute Gasteiger partial charge is 0.271 e. The third kappa shape index (κ3) is 1.95. The van der Waals surface area contributed by atoms with Gasteiger partial charge in [0.25, 0.3) is 5.56 Å². The number of pyridine rings is 1. The van der Waals surface area contributed by atoms with Crippen LogP contribution < -0.4 is 5.56 Å². The minimum atomic E-state index is -0.293. The van der Waals surface area contributed by atoms with E-state index in [2.05, 4.69) is 29.9 Å². The lowest BCUT2D eigenvalue weighted by Crippen LogP contribution is -2.15. The first-order chi connectivity index (χ1) is 10.3. The number of nitrogens with one attached hydrogen (secondary N) is 1. The second-order valence-corrected chi connectivity index (χ2v) is 4.61. The molecule has 0 saturated heterocycles. The maximum absolute atomic E-state index is 12.0. The maximum Gasteiger partial charge on any atom is 0.271 e. The molecule has 0 spiro atoms. The predicted molar refractivity (Wildman–Crippen MR) is 74.8 cm³/mol. The number of nitrogens with zero attached hydrogens (tertiary/aromatic N) is 4. The van der Waals surface area contributed by atoms with Crippen LogP contribution >= 0.6 is 0 Å². The fraction of sp³-hybridized carbons (Fsp3) is 0.0714. The van der Waals surface area contributed by atoms with Crippen LogP contribution in [0.3, 0.4) is 0 Å². The summed E-state index contributed by atoms with van der Waals surface area (Å²) in [5, 5.41) is 8.21. The summed E-state index contributed by atoms with van der Waals surface area (Å²) in [5.74, 6) is 0. The van der Waals surface area contributed by atoms with E-state index >= 15 is 0 Å². The zero-order valence-corrected chi connectivity index (χ0v) is 10.8. The highest BCUT2D eigenvalue weighted by molar-refractivity contribution is 5.82. The zero-order valence-electron chi connectivity index (χ0n) is 10.8. The number of benzene rings is 1. The normalized spacial score (nSPS) is 11.2. The summed E-state index contributed by atoms with van der Waals surface area (Å²) in [5.41, 5.74) is 2.49. The minimum Gasteiger partial charge on any atom is -0.299 e. The number of hydrogen-bond donors (Lipinski definition) is 1. The van der Waals surface area contributed by atoms with Crippen LogP contribution in [0.1, 0.15) is 11.3 Å². The molecule has 3 aromatic heterocycles. The molecule has 1 aromatic carbocycles. The zero-order chi connectivity index (χ0) is 14.2. The van der Waals surface area contributed by atoms with Gasteiger partial charge in [-0.1, -0.05) is 18.2 Å². The molecule has 0 aliphatic carbocycles. The standard InChI is InChI=1S/C14H9N5O2/c20-14-11(16-12-13(17-14)19-21-18-12)7-8-3-1-5-10-9(8)4-2-6-15-10/h1-6H,7H2,(H,17,19,20). The highest BCUT2D eigenvalue weighted by atomic mass is 16.6. The van der Waals surface area contributed by atoms with Gasteiger partial charge in [0.2, 0.25) is 11.3 Å². The first-order valence-electron chi connectivity index (χ1n) is 6.35. The van der Waals surface area contributed by atoms with Crippen LogP contribution in [0.2, 0.25) is 0 Å². The van der Waals surface area contributed by atoms with Gasteiger partial charge in [0.15, 0.2) is 0 Å². The molecule has 0 aliphatic rings. The van der Waals surface area contributed by atoms with Gasteiger partial charge in [0.05, 0.1) is 5.52 Å². The van der Waals surface area contributed by atoms with Crippen LogP contribution in [0, 0.1) is 0 Å². The Kier molecular flexibility index (Phi) is 2.50. The number of H-pyrrole nitrogens is 1. The second kappa shape index (κ2) is 4.48. The largest absolute Gasteiger partial charge is 0.299 e. The van der Waals surface area contributed by atoms with E-state index in [0.29, 0.717) is 17.8 Å². The molecule has 1 N–H and O–H groups in total. The lowest BCUT2D eigenvalue weighted by atomic mass is 10.0. The van der Waals surface area contributed by atoms with E-state index in [1.54, 1.807) is 6.20 Å². The van der Waals surface area contributed by atoms with E-state index in [0.717, 1.165) is 16.5 Å². The minimum absolute atomic E-state index is 0.253. The van der Waals surface area contributed by atoms with Gasteiger partial charge >= 0.3 is 0 Å². The molecule has 0 bridgehead atoms. The Morgan fingerprint density at radius 2 is 2.10 bits per heavy atom. The van der Waals surface area contributed by atoms with Gasteiger partial charge in [-0.05, 0) is 28.0 Å². The van der Waals surface area contributed by atoms with Crippen LogP contribution in [-0.2, 0) is 6.42 Å². The quantitative estimate of drug-likeness (QED) is 0.596. The molecular formula is C14H9N5O2. The van der Waals surface area contributed by atoms with Crippen LogP contribution in [0.15, 0.2) is 46.0 Å². The van der Waals surface area contributed by atoms with E-state index in [-0.39, 0.29) is 11.2 Å². The van der Waals surface area contributed by atoms with Crippen LogP contribution in [0.4, 0.5) is 0 Å². The molecule has 0 aliphatic heterocycles. The Morgan fingerprint density at radius 3 is 3.05 bits per heavy atom. The van der Waals surface area contributed by atoms with Crippen molar-refractivity contribution in [2.75, 3.05) is 0 Å². The van der Waals surface area contributed by atoms with Crippen molar-refractivity contribution in [3.05, 3.63) is 58.1 Å². The molecule has 0 amide bonds. The van der Waals surface area contributed by atoms with Gasteiger partial charge < -0.3 is 0 Å². The SMILES string of the molecule is O=c1[nH]c2nonc2nc1Cc1cccc2ncccc12. The molecule has 0 saturated carbocycles. The van der Waals surface area contributed by atoms with E-state index in [1.807, 2.05) is 30.3 Å². The summed E-state index contributed by atoms with van der Waals surface area (Å²) in [6, 6.07) is 9.64. The highest BCUT2D eigenvalue weighted by Gasteiger charge is 2.11. The fourth-order valence-electron chi connectivity index (χ4n) is 2.32. The van der Waals surface area contributed by atoms with Crippen molar-refractivity contribution in [1.29, 1.82) is 0 Å². The lowest BCUT2D eigenvalue weighted by molar-refractivity contribution is 0.314. The van der Waals surface area contributed by atoms with Gasteiger partial charge in [0.1, 0.15) is 5.69 Å². The molecule has 0 fully saturated rings. The topological polar surface area (TPSA) is 97.6 Å². The van der Waals surface area contributed by atoms with Crippen LogP contribution in [0.25, 0.3) is 22.2 Å². The molecule has 21 heavy (non-hydrogen) atoms. The Labute approximate surface area is 117 Å². The van der Waals surface area contributed by atoms with Gasteiger partial charge in [-0.2, -0.15) is 0 Å². The molecular weight excluding hydrogens is 270 g/mol. The number of hydrogen-bond acceptors (Lipinski definition) is 6. The molecule has 102 valence electrons. The van der Waals surface area contributed by atoms with Gasteiger partial charge in [-0.25, -0.2) is 9.61 Å². The third-order valence-electron chi connectivity index (χ3n) is 3.30. The third-order valence-corrected chi connectivity index (χ3v) is 3.30. The first-order valence-corrected chi connectivity index (χ1v) is 6.35. The Balaban J connectivity index is 1.86. The summed E-state index contributed by atoms with van der Waals surface area (Å²) in [6.45, 7) is 0. The summed E-state index contributed by atoms with van der Waals surface area (Å²) in [6.07, 6.45) is 2.13. The van der Waals surface area contributed by atoms with Crippen molar-refractivity contribution < 1.29 is 4.63 Å². The Bertz CT molecular complexity index is 1000. The summed E-state index contributed by atoms with van der Waals surface area (Å²) in [4.78, 5) is 23.1. The van der Waals surface area contributed by atoms with Gasteiger partial charge in [-0.3, -0.25) is 14.8 Å². The number of rotatable bonds is 2. The van der Waals surface area contributed by atoms with E-state index in [1.165, 1.54) is 0 Å². The first kappa shape index (κ1) is 11.7. The van der Waals surface area contributed by atoms with E-state index < -0.39 is 0 Å². The summed E-state index contributed by atoms with van der Waals surface area (Å²) < 4.78 is 4.55. The summed E-state index contributed by atoms with van der Waals surface area (Å²) >= 11 is 0. The molecule has 4 aromatic rings. The lowest BCUT2D eigenvalue weighted by Gasteiger charge is -2.04. The van der Waals surface area contributed by atoms with E-state index in [4.69, 9.17) is 0 Å². The van der Waals surface area contributed by atoms with Crippen LogP contribution in [-0.4, -0.2) is 25.3 Å². The Hall–Kier alpha value is -3.09. The predicted octanol–water partition coefficient (Wildman–Crippen LogP) is 1.45. The van der Waals surface area contributed by atoms with Crippen LogP contribution in [0.5, 0.6) is 0 Å². The molecule has 0 unspecified atom stereocenters. The number of fused-ring (bicyclic) bond motifs is 2. The van der Waals surface area contributed by atoms with Crippen molar-refractivity contribution in [2.45, 2.75) is 6.42 Å². The van der Waals surface area contributed by atoms with Crippen molar-refractivity contribution in [2.24, 2.45) is 0 Å². The Morgan fingerprint density at radius 1 is 1.14 bits per heavy atom. The highest BCUT2D eigenvalue weighted by Crippen LogP contribution is 2.18. The van der Waals surface area contributed by atoms with Crippen molar-refractivity contribution in [3.63, 3.8) is 0 Å².